The van der Waals surface area contributed by atoms with E-state index in [1.807, 2.05) is 105 Å². The van der Waals surface area contributed by atoms with Crippen LogP contribution in [0.25, 0.3) is 48.6 Å². The van der Waals surface area contributed by atoms with Crippen molar-refractivity contribution in [3.63, 3.8) is 0 Å². The van der Waals surface area contributed by atoms with Crippen molar-refractivity contribution < 1.29 is 157 Å². The van der Waals surface area contributed by atoms with Crippen molar-refractivity contribution in [3.05, 3.63) is 212 Å². The molecule has 0 aliphatic carbocycles. The summed E-state index contributed by atoms with van der Waals surface area (Å²) in [6.45, 7) is 1.76. The average Bonchev–Trinajstić information content (AvgIpc) is 0.802. The molecule has 4 unspecified atom stereocenters. The van der Waals surface area contributed by atoms with Crippen molar-refractivity contribution in [2.24, 2.45) is 0 Å². The smallest absolute Gasteiger partial charge is 0.229 e. The number of nitrogens with zero attached hydrogens (tertiary/aromatic N) is 1. The molecule has 12 rings (SSSR count). The first kappa shape index (κ1) is 98.4. The molecule has 0 spiro atoms. The third kappa shape index (κ3) is 24.8. The summed E-state index contributed by atoms with van der Waals surface area (Å²) in [5.41, 5.74) is 9.10. The van der Waals surface area contributed by atoms with Crippen LogP contribution in [-0.4, -0.2) is 288 Å². The lowest BCUT2D eigenvalue weighted by Gasteiger charge is -2.39. The van der Waals surface area contributed by atoms with Crippen LogP contribution in [0, 0.1) is 37.5 Å². The van der Waals surface area contributed by atoms with Crippen LogP contribution in [-0.2, 0) is 18.9 Å². The van der Waals surface area contributed by atoms with E-state index in [1.54, 1.807) is 103 Å². The van der Waals surface area contributed by atoms with Crippen LogP contribution < -0.4 is 56.8 Å². The molecule has 4 heterocycles. The fourth-order valence-corrected chi connectivity index (χ4v) is 13.3. The Balaban J connectivity index is 0.000000190. The fourth-order valence-electron chi connectivity index (χ4n) is 13.3. The van der Waals surface area contributed by atoms with Crippen molar-refractivity contribution >= 4 is 48.6 Å². The molecule has 0 bridgehead atoms. The van der Waals surface area contributed by atoms with E-state index >= 15 is 0 Å². The highest BCUT2D eigenvalue weighted by Crippen LogP contribution is 2.44. The molecule has 4 fully saturated rings. The van der Waals surface area contributed by atoms with Crippen LogP contribution in [0.3, 0.4) is 0 Å². The lowest BCUT2D eigenvalue weighted by atomic mass is 9.99. The number of aryl methyl sites for hydroxylation is 2. The monoisotopic (exact) mass is 1750 g/mol. The zero-order valence-electron chi connectivity index (χ0n) is 70.6. The Morgan fingerprint density at radius 1 is 0.310 bits per heavy atom. The van der Waals surface area contributed by atoms with E-state index in [0.717, 1.165) is 33.4 Å². The summed E-state index contributed by atoms with van der Waals surface area (Å²) in [6, 6.07) is 45.6. The molecule has 20 atom stereocenters. The predicted molar refractivity (Wildman–Crippen MR) is 459 cm³/mol. The molecule has 0 saturated carbocycles. The summed E-state index contributed by atoms with van der Waals surface area (Å²) in [7, 11) is 11.8. The Labute approximate surface area is 727 Å². The van der Waals surface area contributed by atoms with Gasteiger partial charge in [0.1, 0.15) is 121 Å². The van der Waals surface area contributed by atoms with Gasteiger partial charge in [-0.2, -0.15) is 5.26 Å². The molecular weight excluding hydrogens is 1640 g/mol. The fraction of sp³-hybridized carbons (Fsp3) is 0.366. The van der Waals surface area contributed by atoms with Crippen LogP contribution in [0.15, 0.2) is 146 Å². The van der Waals surface area contributed by atoms with Gasteiger partial charge in [0.05, 0.1) is 94.9 Å². The second kappa shape index (κ2) is 47.2. The Hall–Kier alpha value is -11.4. The van der Waals surface area contributed by atoms with Gasteiger partial charge in [0.25, 0.3) is 0 Å². The van der Waals surface area contributed by atoms with Crippen molar-refractivity contribution in [2.75, 3.05) is 83.3 Å². The topological polar surface area (TPSA) is 495 Å². The molecule has 0 amide bonds. The number of rotatable bonds is 28. The third-order valence-corrected chi connectivity index (χ3v) is 20.4. The quantitative estimate of drug-likeness (QED) is 0.0234. The minimum atomic E-state index is -1.59. The summed E-state index contributed by atoms with van der Waals surface area (Å²) in [4.78, 5) is 0. The Morgan fingerprint density at radius 2 is 0.611 bits per heavy atom. The molecule has 8 aromatic carbocycles. The molecule has 33 heteroatoms. The van der Waals surface area contributed by atoms with Crippen LogP contribution >= 0.6 is 0 Å². The minimum absolute atomic E-state index is 0.170. The van der Waals surface area contributed by atoms with Gasteiger partial charge in [0.2, 0.25) is 25.2 Å². The number of aliphatic hydroxyl groups is 16. The number of terminal acetylenes is 1. The first-order chi connectivity index (χ1) is 60.6. The Morgan fingerprint density at radius 3 is 0.913 bits per heavy atom. The van der Waals surface area contributed by atoms with Gasteiger partial charge in [-0.05, 0) is 78.6 Å². The molecule has 4 saturated heterocycles. The zero-order valence-corrected chi connectivity index (χ0v) is 70.6. The van der Waals surface area contributed by atoms with E-state index in [0.29, 0.717) is 73.6 Å². The largest absolute Gasteiger partial charge is 0.497 e. The minimum Gasteiger partial charge on any atom is -0.497 e. The number of methoxy groups -OCH3 is 8. The molecule has 0 aromatic heterocycles. The Kier molecular flexibility index (Phi) is 36.9. The highest BCUT2D eigenvalue weighted by atomic mass is 16.7. The van der Waals surface area contributed by atoms with Crippen LogP contribution in [0.4, 0.5) is 0 Å². The van der Waals surface area contributed by atoms with Gasteiger partial charge in [-0.1, -0.05) is 145 Å². The van der Waals surface area contributed by atoms with Crippen LogP contribution in [0.1, 0.15) is 66.8 Å². The van der Waals surface area contributed by atoms with Gasteiger partial charge in [0, 0.05) is 52.1 Å². The number of aliphatic hydroxyl groups excluding tert-OH is 16. The van der Waals surface area contributed by atoms with Gasteiger partial charge < -0.3 is 157 Å². The standard InChI is InChI=1S/C24H26O8.C23H25NO8.2C23H28O8/c1-4-14-6-5-7-15(10-14)8-9-16-11-17(29-2)12-18(30-3)23(16)32-24-22(28)21(27)20(26)19(13-25)31-24;1-29-16-9-14(8-7-13-5-3-4-6-15(13)11-24)22(17(10-16)30-2)32-23-21(28)20(27)19(26)18(12-25)31-23;1-13-4-6-14(7-5-13)8-9-15-10-16(28-2)11-17(29-3)22(15)31-23-21(27)20(26)19(25)18(12-24)30-23;1-13-5-4-6-14(9-13)7-8-15-10-16(28-2)11-17(29-3)22(15)31-23-21(27)20(26)19(25)18(12-24)30-23/h1,5-12,19-22,24-28H,13H2,2-3H3;3-10,18-21,23,25-28H,12H2,1-2H3;2*4-11,18-21,23-27H,12H2,1-3H3/b9-8+;8-7+;9-8+;8-7+/t19-,20-,21+,22-,24?;3*18-,19-,20+,21-,23?/m1111/s1. The summed E-state index contributed by atoms with van der Waals surface area (Å²) >= 11 is 0. The molecule has 8 aromatic rings. The molecule has 676 valence electrons. The number of hydrogen-bond acceptors (Lipinski definition) is 33. The van der Waals surface area contributed by atoms with Crippen molar-refractivity contribution in [3.8, 4) is 87.4 Å². The second-order valence-electron chi connectivity index (χ2n) is 28.9. The maximum absolute atomic E-state index is 10.4. The number of hydrogen-bond donors (Lipinski definition) is 16. The lowest BCUT2D eigenvalue weighted by molar-refractivity contribution is -0.277. The number of ether oxygens (including phenoxy) is 16. The summed E-state index contributed by atoms with van der Waals surface area (Å²) < 4.78 is 88.5. The molecule has 16 N–H and O–H groups in total. The molecule has 4 aliphatic rings. The van der Waals surface area contributed by atoms with E-state index in [4.69, 9.17) is 82.2 Å². The van der Waals surface area contributed by atoms with Crippen molar-refractivity contribution in [2.45, 2.75) is 137 Å². The molecular formula is C93H107NO32. The van der Waals surface area contributed by atoms with E-state index in [-0.39, 0.29) is 28.7 Å². The second-order valence-corrected chi connectivity index (χ2v) is 28.9. The van der Waals surface area contributed by atoms with Gasteiger partial charge in [-0.3, -0.25) is 0 Å². The average molecular weight is 1750 g/mol. The van der Waals surface area contributed by atoms with Crippen LogP contribution in [0.5, 0.6) is 69.0 Å². The summed E-state index contributed by atoms with van der Waals surface area (Å²) in [5.74, 6) is 6.67. The molecule has 0 radical (unpaired) electrons. The Bertz CT molecular complexity index is 5040. The van der Waals surface area contributed by atoms with E-state index in [1.165, 1.54) is 56.9 Å². The predicted octanol–water partition coefficient (Wildman–Crippen LogP) is 4.68. The molecule has 4 aliphatic heterocycles. The zero-order chi connectivity index (χ0) is 91.6. The van der Waals surface area contributed by atoms with Crippen molar-refractivity contribution in [1.82, 2.24) is 0 Å². The van der Waals surface area contributed by atoms with Gasteiger partial charge in [-0.25, -0.2) is 0 Å². The highest BCUT2D eigenvalue weighted by molar-refractivity contribution is 5.80. The van der Waals surface area contributed by atoms with Crippen LogP contribution in [0.2, 0.25) is 0 Å². The van der Waals surface area contributed by atoms with E-state index in [2.05, 4.69) is 12.0 Å². The van der Waals surface area contributed by atoms with E-state index < -0.39 is 149 Å². The maximum atomic E-state index is 10.4. The van der Waals surface area contributed by atoms with Gasteiger partial charge >= 0.3 is 0 Å². The SMILES string of the molecule is C#Cc1cccc(/C=C/c2cc(OC)cc(OC)c2OC2O[C@H](CO)[C@@H](O)[C@H](O)[C@H]2O)c1.COc1cc(/C=C/c2ccc(C)cc2)c(OC2O[C@H](CO)[C@@H](O)[C@H](O)[C@H]2O)c(OC)c1.COc1cc(/C=C/c2cccc(C)c2)c(OC2O[C@H](CO)[C@@H](O)[C@H](O)[C@H]2O)c(OC)c1.COc1cc(/C=C/c2ccccc2C#N)c(OC2O[C@H](CO)[C@@H](O)[C@H](O)[C@H]2O)c(OC)c1. The number of benzene rings is 8. The first-order valence-corrected chi connectivity index (χ1v) is 39.4. The van der Waals surface area contributed by atoms with E-state index in [9.17, 15) is 87.0 Å². The molecule has 33 nitrogen and oxygen atoms in total. The summed E-state index contributed by atoms with van der Waals surface area (Å²) in [6.07, 6.45) is -8.48. The maximum Gasteiger partial charge on any atom is 0.229 e. The number of nitriles is 1. The molecule has 126 heavy (non-hydrogen) atoms. The lowest BCUT2D eigenvalue weighted by Crippen LogP contribution is -2.60. The summed E-state index contributed by atoms with van der Waals surface area (Å²) in [5, 5.41) is 169. The van der Waals surface area contributed by atoms with Gasteiger partial charge in [0.15, 0.2) is 46.0 Å². The third-order valence-electron chi connectivity index (χ3n) is 20.4. The normalized spacial score (nSPS) is 25.7. The highest BCUT2D eigenvalue weighted by Gasteiger charge is 2.49. The van der Waals surface area contributed by atoms with Crippen molar-refractivity contribution in [1.29, 1.82) is 5.26 Å². The van der Waals surface area contributed by atoms with Gasteiger partial charge in [-0.15, -0.1) is 6.42 Å². The first-order valence-electron chi connectivity index (χ1n) is 39.4.